The number of pyridine rings is 1. The molecule has 0 aromatic carbocycles. The molecule has 0 bridgehead atoms. The van der Waals surface area contributed by atoms with Crippen molar-refractivity contribution in [3.8, 4) is 0 Å². The van der Waals surface area contributed by atoms with Crippen molar-refractivity contribution in [2.24, 2.45) is 0 Å². The zero-order chi connectivity index (χ0) is 13.9. The molecule has 4 heteroatoms. The van der Waals surface area contributed by atoms with Gasteiger partial charge in [-0.05, 0) is 19.1 Å². The van der Waals surface area contributed by atoms with Gasteiger partial charge in [0.15, 0.2) is 0 Å². The first kappa shape index (κ1) is 13.3. The number of imidazole rings is 1. The molecule has 20 heavy (non-hydrogen) atoms. The maximum absolute atomic E-state index is 4.46. The lowest BCUT2D eigenvalue weighted by molar-refractivity contribution is 0.0884. The van der Waals surface area contributed by atoms with Crippen LogP contribution in [0.2, 0.25) is 0 Å². The molecule has 2 aromatic heterocycles. The summed E-state index contributed by atoms with van der Waals surface area (Å²) >= 11 is 0. The summed E-state index contributed by atoms with van der Waals surface area (Å²) in [6.45, 7) is 7.72. The Bertz CT molecular complexity index is 543. The molecule has 1 aliphatic rings. The number of aryl methyl sites for hydroxylation is 1. The van der Waals surface area contributed by atoms with Crippen LogP contribution in [0.3, 0.4) is 0 Å². The van der Waals surface area contributed by atoms with Crippen molar-refractivity contribution in [1.29, 1.82) is 0 Å². The predicted octanol–water partition coefficient (Wildman–Crippen LogP) is 2.33. The van der Waals surface area contributed by atoms with E-state index in [9.17, 15) is 0 Å². The van der Waals surface area contributed by atoms with E-state index in [4.69, 9.17) is 0 Å². The average Bonchev–Trinajstić information content (AvgIpc) is 2.85. The summed E-state index contributed by atoms with van der Waals surface area (Å²) in [5.41, 5.74) is 1.23. The summed E-state index contributed by atoms with van der Waals surface area (Å²) in [6, 6.07) is 6.74. The normalized spacial score (nSPS) is 17.9. The highest BCUT2D eigenvalue weighted by Crippen LogP contribution is 2.27. The fourth-order valence-corrected chi connectivity index (χ4v) is 2.90. The molecule has 1 atom stereocenters. The minimum Gasteiger partial charge on any atom is -0.333 e. The Morgan fingerprint density at radius 3 is 2.80 bits per heavy atom. The van der Waals surface area contributed by atoms with Gasteiger partial charge >= 0.3 is 0 Å². The summed E-state index contributed by atoms with van der Waals surface area (Å²) in [5.74, 6) is 1.78. The van der Waals surface area contributed by atoms with Gasteiger partial charge in [0.05, 0.1) is 0 Å². The molecular formula is C16H22N4. The van der Waals surface area contributed by atoms with Gasteiger partial charge in [0, 0.05) is 62.3 Å². The molecule has 2 aromatic rings. The molecule has 1 saturated heterocycles. The van der Waals surface area contributed by atoms with Crippen LogP contribution in [0.1, 0.15) is 31.3 Å². The van der Waals surface area contributed by atoms with Crippen LogP contribution < -0.4 is 0 Å². The van der Waals surface area contributed by atoms with Crippen LogP contribution in [0.4, 0.5) is 0 Å². The molecule has 0 radical (unpaired) electrons. The molecule has 0 spiro atoms. The van der Waals surface area contributed by atoms with Crippen molar-refractivity contribution in [1.82, 2.24) is 19.4 Å². The molecule has 4 nitrogen and oxygen atoms in total. The second-order valence-electron chi connectivity index (χ2n) is 5.60. The molecule has 3 heterocycles. The highest BCUT2D eigenvalue weighted by Gasteiger charge is 2.32. The number of nitrogens with zero attached hydrogens (tertiary/aromatic N) is 4. The first-order chi connectivity index (χ1) is 9.78. The maximum atomic E-state index is 4.46. The molecular weight excluding hydrogens is 248 g/mol. The highest BCUT2D eigenvalue weighted by molar-refractivity contribution is 5.14. The minimum absolute atomic E-state index is 0.550. The van der Waals surface area contributed by atoms with E-state index in [1.54, 1.807) is 0 Å². The van der Waals surface area contributed by atoms with Crippen molar-refractivity contribution >= 4 is 0 Å². The molecule has 0 aliphatic carbocycles. The van der Waals surface area contributed by atoms with Gasteiger partial charge in [-0.1, -0.05) is 13.0 Å². The lowest BCUT2D eigenvalue weighted by Crippen LogP contribution is -2.51. The minimum atomic E-state index is 0.550. The molecule has 0 N–H and O–H groups in total. The number of aromatic nitrogens is 3. The maximum Gasteiger partial charge on any atom is 0.108 e. The van der Waals surface area contributed by atoms with Gasteiger partial charge in [-0.2, -0.15) is 0 Å². The molecule has 0 amide bonds. The van der Waals surface area contributed by atoms with Crippen LogP contribution in [-0.2, 0) is 13.0 Å². The number of hydrogen-bond acceptors (Lipinski definition) is 3. The van der Waals surface area contributed by atoms with Crippen LogP contribution in [0.5, 0.6) is 0 Å². The summed E-state index contributed by atoms with van der Waals surface area (Å²) in [6.07, 6.45) is 6.88. The zero-order valence-corrected chi connectivity index (χ0v) is 12.2. The monoisotopic (exact) mass is 270 g/mol. The summed E-state index contributed by atoms with van der Waals surface area (Å²) in [5, 5.41) is 0. The largest absolute Gasteiger partial charge is 0.333 e. The van der Waals surface area contributed by atoms with E-state index in [0.717, 1.165) is 26.1 Å². The molecule has 0 saturated carbocycles. The topological polar surface area (TPSA) is 34.0 Å². The van der Waals surface area contributed by atoms with Crippen molar-refractivity contribution in [3.05, 3.63) is 48.3 Å². The molecule has 106 valence electrons. The number of hydrogen-bond donors (Lipinski definition) is 0. The Labute approximate surface area is 120 Å². The molecule has 1 fully saturated rings. The van der Waals surface area contributed by atoms with Gasteiger partial charge in [-0.15, -0.1) is 0 Å². The summed E-state index contributed by atoms with van der Waals surface area (Å²) in [7, 11) is 0. The third-order valence-electron chi connectivity index (χ3n) is 4.22. The van der Waals surface area contributed by atoms with E-state index in [2.05, 4.69) is 51.6 Å². The average molecular weight is 270 g/mol. The lowest BCUT2D eigenvalue weighted by Gasteiger charge is -2.43. The Kier molecular flexibility index (Phi) is 3.83. The van der Waals surface area contributed by atoms with Crippen LogP contribution >= 0.6 is 0 Å². The van der Waals surface area contributed by atoms with Crippen molar-refractivity contribution in [2.45, 2.75) is 38.8 Å². The summed E-state index contributed by atoms with van der Waals surface area (Å²) < 4.78 is 2.28. The third kappa shape index (κ3) is 2.61. The van der Waals surface area contributed by atoms with Crippen molar-refractivity contribution < 1.29 is 0 Å². The van der Waals surface area contributed by atoms with Gasteiger partial charge in [0.25, 0.3) is 0 Å². The fraction of sp³-hybridized carbons (Fsp3) is 0.500. The van der Waals surface area contributed by atoms with E-state index >= 15 is 0 Å². The number of rotatable bonds is 5. The lowest BCUT2D eigenvalue weighted by atomic mass is 9.94. The first-order valence-electron chi connectivity index (χ1n) is 7.43. The van der Waals surface area contributed by atoms with E-state index in [0.29, 0.717) is 12.0 Å². The predicted molar refractivity (Wildman–Crippen MR) is 79.6 cm³/mol. The second-order valence-corrected chi connectivity index (χ2v) is 5.60. The summed E-state index contributed by atoms with van der Waals surface area (Å²) in [4.78, 5) is 11.4. The Balaban J connectivity index is 1.55. The van der Waals surface area contributed by atoms with Crippen molar-refractivity contribution in [2.75, 3.05) is 13.1 Å². The zero-order valence-electron chi connectivity index (χ0n) is 12.2. The van der Waals surface area contributed by atoms with E-state index < -0.39 is 0 Å². The van der Waals surface area contributed by atoms with Crippen LogP contribution in [0, 0.1) is 0 Å². The van der Waals surface area contributed by atoms with E-state index in [1.165, 1.54) is 11.5 Å². The van der Waals surface area contributed by atoms with Crippen molar-refractivity contribution in [3.63, 3.8) is 0 Å². The van der Waals surface area contributed by atoms with Gasteiger partial charge in [-0.25, -0.2) is 4.98 Å². The van der Waals surface area contributed by atoms with Crippen LogP contribution in [0.15, 0.2) is 36.8 Å². The molecule has 1 aliphatic heterocycles. The quantitative estimate of drug-likeness (QED) is 0.836. The van der Waals surface area contributed by atoms with Crippen LogP contribution in [0.25, 0.3) is 0 Å². The number of likely N-dealkylation sites (tertiary alicyclic amines) is 1. The van der Waals surface area contributed by atoms with Gasteiger partial charge in [0.2, 0.25) is 0 Å². The standard InChI is InChI=1S/C16H22N4/c1-3-16-18-8-9-19(16)10-13(2)20-11-14(12-20)15-6-4-5-7-17-15/h4-9,13-14H,3,10-12H2,1-2H3. The third-order valence-corrected chi connectivity index (χ3v) is 4.22. The van der Waals surface area contributed by atoms with Gasteiger partial charge < -0.3 is 4.57 Å². The van der Waals surface area contributed by atoms with Crippen LogP contribution in [-0.4, -0.2) is 38.6 Å². The van der Waals surface area contributed by atoms with Gasteiger partial charge in [-0.3, -0.25) is 9.88 Å². The van der Waals surface area contributed by atoms with E-state index in [-0.39, 0.29) is 0 Å². The smallest absolute Gasteiger partial charge is 0.108 e. The SMILES string of the molecule is CCc1nccn1CC(C)N1CC(c2ccccn2)C1. The highest BCUT2D eigenvalue weighted by atomic mass is 15.2. The second kappa shape index (κ2) is 5.75. The molecule has 1 unspecified atom stereocenters. The fourth-order valence-electron chi connectivity index (χ4n) is 2.90. The van der Waals surface area contributed by atoms with E-state index in [1.807, 2.05) is 18.5 Å². The van der Waals surface area contributed by atoms with Gasteiger partial charge in [0.1, 0.15) is 5.82 Å². The Morgan fingerprint density at radius 1 is 1.25 bits per heavy atom. The Morgan fingerprint density at radius 2 is 2.10 bits per heavy atom. The molecule has 3 rings (SSSR count). The Hall–Kier alpha value is -1.68. The first-order valence-corrected chi connectivity index (χ1v) is 7.43.